The third-order valence-corrected chi connectivity index (χ3v) is 5.10. The van der Waals surface area contributed by atoms with Crippen LogP contribution in [0.5, 0.6) is 5.75 Å². The number of esters is 2. The molecule has 0 saturated carbocycles. The van der Waals surface area contributed by atoms with E-state index >= 15 is 0 Å². The van der Waals surface area contributed by atoms with Gasteiger partial charge in [0.2, 0.25) is 11.7 Å². The van der Waals surface area contributed by atoms with Crippen molar-refractivity contribution >= 4 is 29.3 Å². The van der Waals surface area contributed by atoms with Gasteiger partial charge in [0, 0.05) is 24.2 Å². The Labute approximate surface area is 179 Å². The summed E-state index contributed by atoms with van der Waals surface area (Å²) in [5.41, 5.74) is 1.32. The van der Waals surface area contributed by atoms with Crippen LogP contribution in [0.4, 0.5) is 5.69 Å². The van der Waals surface area contributed by atoms with Gasteiger partial charge in [0.25, 0.3) is 0 Å². The lowest BCUT2D eigenvalue weighted by Gasteiger charge is -2.18. The summed E-state index contributed by atoms with van der Waals surface area (Å²) < 4.78 is 15.1. The van der Waals surface area contributed by atoms with E-state index in [2.05, 4.69) is 4.74 Å². The molecule has 2 aromatic carbocycles. The summed E-state index contributed by atoms with van der Waals surface area (Å²) in [6.07, 6.45) is -0.995. The van der Waals surface area contributed by atoms with E-state index in [0.717, 1.165) is 0 Å². The molecule has 0 aliphatic carbocycles. The normalized spacial score (nSPS) is 16.5. The average molecular weight is 425 g/mol. The molecule has 0 radical (unpaired) electrons. The van der Waals surface area contributed by atoms with Crippen LogP contribution in [0.15, 0.2) is 48.5 Å². The molecule has 1 amide bonds. The molecule has 1 aliphatic heterocycles. The molecule has 0 unspecified atom stereocenters. The number of rotatable bonds is 7. The molecule has 3 rings (SSSR count). The maximum absolute atomic E-state index is 12.6. The molecular weight excluding hydrogens is 402 g/mol. The van der Waals surface area contributed by atoms with Crippen molar-refractivity contribution in [2.75, 3.05) is 25.7 Å². The highest BCUT2D eigenvalue weighted by molar-refractivity contribution is 6.02. The Morgan fingerprint density at radius 3 is 2.16 bits per heavy atom. The van der Waals surface area contributed by atoms with E-state index in [-0.39, 0.29) is 24.7 Å². The highest BCUT2D eigenvalue weighted by Crippen LogP contribution is 2.27. The van der Waals surface area contributed by atoms with Gasteiger partial charge in [-0.15, -0.1) is 0 Å². The zero-order valence-corrected chi connectivity index (χ0v) is 17.5. The third kappa shape index (κ3) is 4.91. The van der Waals surface area contributed by atoms with Gasteiger partial charge in [0.1, 0.15) is 5.75 Å². The molecule has 0 aromatic heterocycles. The minimum atomic E-state index is -0.982. The number of ketones is 1. The number of hydrogen-bond donors (Lipinski definition) is 0. The van der Waals surface area contributed by atoms with Crippen molar-refractivity contribution in [3.05, 3.63) is 59.7 Å². The maximum Gasteiger partial charge on any atom is 0.337 e. The van der Waals surface area contributed by atoms with Gasteiger partial charge >= 0.3 is 11.9 Å². The summed E-state index contributed by atoms with van der Waals surface area (Å²) in [7, 11) is 2.82. The van der Waals surface area contributed by atoms with Gasteiger partial charge in [-0.05, 0) is 55.5 Å². The fraction of sp³-hybridized carbons (Fsp3) is 0.304. The summed E-state index contributed by atoms with van der Waals surface area (Å²) >= 11 is 0. The Morgan fingerprint density at radius 2 is 1.58 bits per heavy atom. The number of nitrogens with zero attached hydrogens (tertiary/aromatic N) is 1. The number of ether oxygens (including phenoxy) is 3. The van der Waals surface area contributed by atoms with Gasteiger partial charge < -0.3 is 19.1 Å². The Bertz CT molecular complexity index is 982. The van der Waals surface area contributed by atoms with Crippen LogP contribution in [-0.4, -0.2) is 50.5 Å². The first-order chi connectivity index (χ1) is 14.8. The third-order valence-electron chi connectivity index (χ3n) is 5.10. The molecule has 0 bridgehead atoms. The van der Waals surface area contributed by atoms with E-state index in [1.165, 1.54) is 26.0 Å². The monoisotopic (exact) mass is 425 g/mol. The summed E-state index contributed by atoms with van der Waals surface area (Å²) in [6, 6.07) is 12.9. The highest BCUT2D eigenvalue weighted by atomic mass is 16.5. The number of hydrogen-bond acceptors (Lipinski definition) is 7. The van der Waals surface area contributed by atoms with E-state index in [0.29, 0.717) is 22.6 Å². The average Bonchev–Trinajstić information content (AvgIpc) is 3.19. The molecule has 1 heterocycles. The van der Waals surface area contributed by atoms with Crippen molar-refractivity contribution in [2.24, 2.45) is 5.92 Å². The number of benzene rings is 2. The van der Waals surface area contributed by atoms with Crippen LogP contribution in [0.25, 0.3) is 0 Å². The van der Waals surface area contributed by atoms with Crippen molar-refractivity contribution in [1.29, 1.82) is 0 Å². The first-order valence-electron chi connectivity index (χ1n) is 9.71. The molecule has 8 nitrogen and oxygen atoms in total. The first-order valence-corrected chi connectivity index (χ1v) is 9.71. The van der Waals surface area contributed by atoms with Gasteiger partial charge in [0.15, 0.2) is 6.10 Å². The van der Waals surface area contributed by atoms with E-state index in [1.807, 2.05) is 0 Å². The molecule has 1 aliphatic rings. The molecule has 0 spiro atoms. The lowest BCUT2D eigenvalue weighted by molar-refractivity contribution is -0.151. The van der Waals surface area contributed by atoms with Crippen LogP contribution >= 0.6 is 0 Å². The van der Waals surface area contributed by atoms with Gasteiger partial charge in [-0.25, -0.2) is 4.79 Å². The molecule has 2 aromatic rings. The summed E-state index contributed by atoms with van der Waals surface area (Å²) in [6.45, 7) is 1.64. The number of Topliss-reactive ketones (excluding diaryl/α,β-unsaturated/α-hetero) is 1. The second-order valence-corrected chi connectivity index (χ2v) is 7.12. The van der Waals surface area contributed by atoms with Crippen molar-refractivity contribution in [3.8, 4) is 5.75 Å². The molecule has 8 heteroatoms. The first kappa shape index (κ1) is 22.0. The van der Waals surface area contributed by atoms with Crippen LogP contribution in [-0.2, 0) is 19.1 Å². The topological polar surface area (TPSA) is 99.2 Å². The number of carbonyl (C=O) groups is 4. The second-order valence-electron chi connectivity index (χ2n) is 7.12. The number of anilines is 1. The zero-order chi connectivity index (χ0) is 22.5. The van der Waals surface area contributed by atoms with Crippen LogP contribution in [0, 0.1) is 5.92 Å². The number of carbonyl (C=O) groups excluding carboxylic acids is 4. The van der Waals surface area contributed by atoms with Gasteiger partial charge in [-0.1, -0.05) is 0 Å². The molecule has 162 valence electrons. The van der Waals surface area contributed by atoms with Gasteiger partial charge in [0.05, 0.1) is 25.7 Å². The molecule has 1 saturated heterocycles. The van der Waals surface area contributed by atoms with Crippen LogP contribution in [0.2, 0.25) is 0 Å². The maximum atomic E-state index is 12.6. The number of methoxy groups -OCH3 is 2. The quantitative estimate of drug-likeness (QED) is 0.497. The molecule has 0 N–H and O–H groups in total. The summed E-state index contributed by atoms with van der Waals surface area (Å²) in [4.78, 5) is 50.5. The SMILES string of the molecule is COC(=O)c1ccc(N2C[C@H](C(=O)O[C@@H](C)C(=O)c3ccc(OC)cc3)CC2=O)cc1. The summed E-state index contributed by atoms with van der Waals surface area (Å²) in [5.74, 6) is -1.71. The Kier molecular flexibility index (Phi) is 6.69. The van der Waals surface area contributed by atoms with Crippen molar-refractivity contribution < 1.29 is 33.4 Å². The van der Waals surface area contributed by atoms with E-state index in [1.54, 1.807) is 48.5 Å². The highest BCUT2D eigenvalue weighted by Gasteiger charge is 2.37. The lowest BCUT2D eigenvalue weighted by atomic mass is 10.1. The fourth-order valence-corrected chi connectivity index (χ4v) is 3.32. The van der Waals surface area contributed by atoms with E-state index in [9.17, 15) is 19.2 Å². The zero-order valence-electron chi connectivity index (χ0n) is 17.5. The molecule has 2 atom stereocenters. The van der Waals surface area contributed by atoms with Crippen molar-refractivity contribution in [2.45, 2.75) is 19.4 Å². The van der Waals surface area contributed by atoms with E-state index < -0.39 is 24.0 Å². The largest absolute Gasteiger partial charge is 0.497 e. The molecule has 31 heavy (non-hydrogen) atoms. The van der Waals surface area contributed by atoms with Crippen LogP contribution in [0.3, 0.4) is 0 Å². The lowest BCUT2D eigenvalue weighted by Crippen LogP contribution is -2.30. The van der Waals surface area contributed by atoms with Gasteiger partial charge in [-0.2, -0.15) is 0 Å². The minimum absolute atomic E-state index is 0.0129. The minimum Gasteiger partial charge on any atom is -0.497 e. The Hall–Kier alpha value is -3.68. The van der Waals surface area contributed by atoms with E-state index in [4.69, 9.17) is 9.47 Å². The van der Waals surface area contributed by atoms with Crippen LogP contribution < -0.4 is 9.64 Å². The van der Waals surface area contributed by atoms with Crippen LogP contribution in [0.1, 0.15) is 34.1 Å². The van der Waals surface area contributed by atoms with Crippen molar-refractivity contribution in [3.63, 3.8) is 0 Å². The smallest absolute Gasteiger partial charge is 0.337 e. The Balaban J connectivity index is 1.61. The van der Waals surface area contributed by atoms with Crippen molar-refractivity contribution in [1.82, 2.24) is 0 Å². The summed E-state index contributed by atoms with van der Waals surface area (Å²) in [5, 5.41) is 0. The molecule has 1 fully saturated rings. The number of amides is 1. The Morgan fingerprint density at radius 1 is 0.968 bits per heavy atom. The predicted octanol–water partition coefficient (Wildman–Crippen LogP) is 2.65. The molecular formula is C23H23NO7. The predicted molar refractivity (Wildman–Crippen MR) is 111 cm³/mol. The fourth-order valence-electron chi connectivity index (χ4n) is 3.32. The second kappa shape index (κ2) is 9.42. The standard InChI is InChI=1S/C23H23NO7/c1-14(21(26)15-6-10-19(29-2)11-7-15)31-23(28)17-12-20(25)24(13-17)18-8-4-16(5-9-18)22(27)30-3/h4-11,14,17H,12-13H2,1-3H3/t14-,17+/m0/s1. The van der Waals surface area contributed by atoms with Gasteiger partial charge in [-0.3, -0.25) is 14.4 Å².